The summed E-state index contributed by atoms with van der Waals surface area (Å²) in [5.41, 5.74) is 2.25. The van der Waals surface area contributed by atoms with Gasteiger partial charge in [0.05, 0.1) is 0 Å². The third-order valence-corrected chi connectivity index (χ3v) is 3.83. The van der Waals surface area contributed by atoms with E-state index in [0.717, 1.165) is 24.2 Å². The first-order valence-corrected chi connectivity index (χ1v) is 5.73. The predicted molar refractivity (Wildman–Crippen MR) is 61.5 cm³/mol. The summed E-state index contributed by atoms with van der Waals surface area (Å²) in [6.07, 6.45) is 1.10. The van der Waals surface area contributed by atoms with Crippen molar-refractivity contribution in [1.82, 2.24) is 0 Å². The zero-order valence-electron chi connectivity index (χ0n) is 9.26. The molecule has 1 aromatic rings. The average molecular weight is 217 g/mol. The van der Waals surface area contributed by atoms with Crippen LogP contribution in [0.2, 0.25) is 0 Å². The molecule has 1 saturated carbocycles. The van der Waals surface area contributed by atoms with Crippen LogP contribution in [-0.2, 0) is 4.79 Å². The SMILES string of the molecule is Cc1ccccc1N1CC2CC2C1C(=O)O. The third kappa shape index (κ3) is 1.31. The van der Waals surface area contributed by atoms with Gasteiger partial charge in [0, 0.05) is 12.2 Å². The lowest BCUT2D eigenvalue weighted by Crippen LogP contribution is -2.39. The largest absolute Gasteiger partial charge is 0.480 e. The molecule has 3 nitrogen and oxygen atoms in total. The van der Waals surface area contributed by atoms with Gasteiger partial charge in [-0.2, -0.15) is 0 Å². The summed E-state index contributed by atoms with van der Waals surface area (Å²) in [7, 11) is 0. The Morgan fingerprint density at radius 1 is 1.44 bits per heavy atom. The van der Waals surface area contributed by atoms with E-state index in [0.29, 0.717) is 11.8 Å². The molecule has 3 atom stereocenters. The van der Waals surface area contributed by atoms with Gasteiger partial charge in [-0.3, -0.25) is 0 Å². The molecule has 3 rings (SSSR count). The van der Waals surface area contributed by atoms with Crippen molar-refractivity contribution in [2.75, 3.05) is 11.4 Å². The maximum absolute atomic E-state index is 11.3. The van der Waals surface area contributed by atoms with E-state index in [4.69, 9.17) is 0 Å². The van der Waals surface area contributed by atoms with E-state index in [9.17, 15) is 9.90 Å². The van der Waals surface area contributed by atoms with Crippen LogP contribution < -0.4 is 4.90 Å². The fraction of sp³-hybridized carbons (Fsp3) is 0.462. The zero-order valence-corrected chi connectivity index (χ0v) is 9.26. The van der Waals surface area contributed by atoms with Gasteiger partial charge < -0.3 is 10.0 Å². The molecule has 0 radical (unpaired) electrons. The topological polar surface area (TPSA) is 40.5 Å². The van der Waals surface area contributed by atoms with Crippen LogP contribution in [0.15, 0.2) is 24.3 Å². The third-order valence-electron chi connectivity index (χ3n) is 3.83. The molecule has 0 bridgehead atoms. The van der Waals surface area contributed by atoms with Gasteiger partial charge in [-0.1, -0.05) is 18.2 Å². The van der Waals surface area contributed by atoms with Gasteiger partial charge in [-0.25, -0.2) is 4.79 Å². The molecule has 0 aromatic heterocycles. The Labute approximate surface area is 94.7 Å². The summed E-state index contributed by atoms with van der Waals surface area (Å²) in [6.45, 7) is 2.95. The number of carboxylic acid groups (broad SMARTS) is 1. The van der Waals surface area contributed by atoms with E-state index in [-0.39, 0.29) is 6.04 Å². The number of aliphatic carboxylic acids is 1. The number of anilines is 1. The number of aryl methyl sites for hydroxylation is 1. The van der Waals surface area contributed by atoms with Crippen LogP contribution in [-0.4, -0.2) is 23.7 Å². The lowest BCUT2D eigenvalue weighted by atomic mass is 10.1. The van der Waals surface area contributed by atoms with Crippen LogP contribution in [0.1, 0.15) is 12.0 Å². The second-order valence-electron chi connectivity index (χ2n) is 4.88. The van der Waals surface area contributed by atoms with Gasteiger partial charge >= 0.3 is 5.97 Å². The molecule has 3 unspecified atom stereocenters. The highest BCUT2D eigenvalue weighted by Gasteiger charge is 2.55. The van der Waals surface area contributed by atoms with E-state index >= 15 is 0 Å². The Morgan fingerprint density at radius 3 is 2.88 bits per heavy atom. The Hall–Kier alpha value is -1.51. The first-order chi connectivity index (χ1) is 7.68. The molecule has 0 amide bonds. The normalized spacial score (nSPS) is 31.3. The molecule has 1 heterocycles. The number of rotatable bonds is 2. The number of benzene rings is 1. The smallest absolute Gasteiger partial charge is 0.326 e. The first-order valence-electron chi connectivity index (χ1n) is 5.73. The van der Waals surface area contributed by atoms with Crippen molar-refractivity contribution in [1.29, 1.82) is 0 Å². The minimum atomic E-state index is -0.673. The Kier molecular flexibility index (Phi) is 1.96. The number of hydrogen-bond acceptors (Lipinski definition) is 2. The number of nitrogens with zero attached hydrogens (tertiary/aromatic N) is 1. The summed E-state index contributed by atoms with van der Waals surface area (Å²) in [5, 5.41) is 9.29. The fourth-order valence-electron chi connectivity index (χ4n) is 2.92. The standard InChI is InChI=1S/C13H15NO2/c1-8-4-2-3-5-11(8)14-7-9-6-10(9)12(14)13(15)16/h2-5,9-10,12H,6-7H2,1H3,(H,15,16). The van der Waals surface area contributed by atoms with Crippen LogP contribution in [0.25, 0.3) is 0 Å². The van der Waals surface area contributed by atoms with Gasteiger partial charge in [0.1, 0.15) is 6.04 Å². The lowest BCUT2D eigenvalue weighted by molar-refractivity contribution is -0.138. The maximum atomic E-state index is 11.3. The number of fused-ring (bicyclic) bond motifs is 1. The van der Waals surface area contributed by atoms with E-state index in [1.165, 1.54) is 0 Å². The summed E-state index contributed by atoms with van der Waals surface area (Å²) in [4.78, 5) is 13.4. The van der Waals surface area contributed by atoms with Crippen LogP contribution in [0.3, 0.4) is 0 Å². The molecule has 1 N–H and O–H groups in total. The highest BCUT2D eigenvalue weighted by molar-refractivity contribution is 5.81. The molecular weight excluding hydrogens is 202 g/mol. The molecule has 1 saturated heterocycles. The highest BCUT2D eigenvalue weighted by Crippen LogP contribution is 2.51. The van der Waals surface area contributed by atoms with Gasteiger partial charge in [0.2, 0.25) is 0 Å². The minimum absolute atomic E-state index is 0.300. The van der Waals surface area contributed by atoms with Crippen molar-refractivity contribution < 1.29 is 9.90 Å². The van der Waals surface area contributed by atoms with Crippen LogP contribution in [0, 0.1) is 18.8 Å². The number of para-hydroxylation sites is 1. The van der Waals surface area contributed by atoms with Crippen molar-refractivity contribution >= 4 is 11.7 Å². The molecule has 1 aromatic carbocycles. The molecule has 0 spiro atoms. The predicted octanol–water partition coefficient (Wildman–Crippen LogP) is 1.90. The van der Waals surface area contributed by atoms with Crippen LogP contribution >= 0.6 is 0 Å². The molecule has 2 fully saturated rings. The van der Waals surface area contributed by atoms with Crippen molar-refractivity contribution in [2.45, 2.75) is 19.4 Å². The van der Waals surface area contributed by atoms with Gasteiger partial charge in [0.15, 0.2) is 0 Å². The minimum Gasteiger partial charge on any atom is -0.480 e. The van der Waals surface area contributed by atoms with Gasteiger partial charge in [-0.05, 0) is 36.8 Å². The van der Waals surface area contributed by atoms with Crippen molar-refractivity contribution in [3.05, 3.63) is 29.8 Å². The van der Waals surface area contributed by atoms with Crippen LogP contribution in [0.4, 0.5) is 5.69 Å². The van der Waals surface area contributed by atoms with E-state index in [2.05, 4.69) is 4.90 Å². The number of carboxylic acids is 1. The molecule has 16 heavy (non-hydrogen) atoms. The Bertz CT molecular complexity index is 443. The van der Waals surface area contributed by atoms with Crippen LogP contribution in [0.5, 0.6) is 0 Å². The molecule has 84 valence electrons. The molecule has 1 aliphatic heterocycles. The van der Waals surface area contributed by atoms with Gasteiger partial charge in [-0.15, -0.1) is 0 Å². The average Bonchev–Trinajstić information content (AvgIpc) is 2.89. The fourth-order valence-corrected chi connectivity index (χ4v) is 2.92. The first kappa shape index (κ1) is 9.70. The van der Waals surface area contributed by atoms with E-state index < -0.39 is 5.97 Å². The molecule has 2 aliphatic rings. The molecule has 3 heteroatoms. The van der Waals surface area contributed by atoms with Crippen molar-refractivity contribution in [2.24, 2.45) is 11.8 Å². The lowest BCUT2D eigenvalue weighted by Gasteiger charge is -2.27. The second kappa shape index (κ2) is 3.24. The zero-order chi connectivity index (χ0) is 11.3. The second-order valence-corrected chi connectivity index (χ2v) is 4.88. The Morgan fingerprint density at radius 2 is 2.19 bits per heavy atom. The van der Waals surface area contributed by atoms with Gasteiger partial charge in [0.25, 0.3) is 0 Å². The van der Waals surface area contributed by atoms with Crippen molar-refractivity contribution in [3.63, 3.8) is 0 Å². The quantitative estimate of drug-likeness (QED) is 0.822. The maximum Gasteiger partial charge on any atom is 0.326 e. The van der Waals surface area contributed by atoms with E-state index in [1.807, 2.05) is 31.2 Å². The summed E-state index contributed by atoms with van der Waals surface area (Å²) in [5.74, 6) is 0.325. The Balaban J connectivity index is 1.96. The molecular formula is C13H15NO2. The summed E-state index contributed by atoms with van der Waals surface area (Å²) >= 11 is 0. The number of carbonyl (C=O) groups is 1. The summed E-state index contributed by atoms with van der Waals surface area (Å²) < 4.78 is 0. The monoisotopic (exact) mass is 217 g/mol. The van der Waals surface area contributed by atoms with Crippen molar-refractivity contribution in [3.8, 4) is 0 Å². The highest BCUT2D eigenvalue weighted by atomic mass is 16.4. The summed E-state index contributed by atoms with van der Waals surface area (Å²) in [6, 6.07) is 7.73. The van der Waals surface area contributed by atoms with E-state index in [1.54, 1.807) is 0 Å². The number of hydrogen-bond donors (Lipinski definition) is 1. The number of piperidine rings is 1. The molecule has 1 aliphatic carbocycles.